The summed E-state index contributed by atoms with van der Waals surface area (Å²) in [6, 6.07) is 39.0. The molecule has 0 saturated carbocycles. The van der Waals surface area contributed by atoms with Crippen LogP contribution in [-0.2, 0) is 92.9 Å². The highest BCUT2D eigenvalue weighted by Crippen LogP contribution is 2.35. The molecule has 0 amide bonds. The Balaban J connectivity index is 1.32. The van der Waals surface area contributed by atoms with Gasteiger partial charge in [0.05, 0.1) is 39.6 Å². The summed E-state index contributed by atoms with van der Waals surface area (Å²) in [5, 5.41) is 0. The van der Waals surface area contributed by atoms with Crippen molar-refractivity contribution in [2.45, 2.75) is 109 Å². The van der Waals surface area contributed by atoms with Crippen LogP contribution < -0.4 is 0 Å². The summed E-state index contributed by atoms with van der Waals surface area (Å²) in [5.41, 5.74) is 3.78. The molecule has 14 nitrogen and oxygen atoms in total. The lowest BCUT2D eigenvalue weighted by molar-refractivity contribution is -0.311. The van der Waals surface area contributed by atoms with Crippen LogP contribution in [-0.4, -0.2) is 99.6 Å². The van der Waals surface area contributed by atoms with Gasteiger partial charge in [0.1, 0.15) is 30.5 Å². The number of benzene rings is 4. The van der Waals surface area contributed by atoms with Gasteiger partial charge in [-0.1, -0.05) is 121 Å². The third kappa shape index (κ3) is 13.5. The average Bonchev–Trinajstić information content (AvgIpc) is 3.61. The molecule has 0 spiro atoms. The van der Waals surface area contributed by atoms with Crippen molar-refractivity contribution in [1.29, 1.82) is 0 Å². The summed E-state index contributed by atoms with van der Waals surface area (Å²) in [7, 11) is 1.35. The molecule has 4 aromatic carbocycles. The van der Waals surface area contributed by atoms with Gasteiger partial charge in [0.2, 0.25) is 0 Å². The molecule has 0 aliphatic carbocycles. The molecule has 4 aromatic rings. The lowest BCUT2D eigenvalue weighted by atomic mass is 9.98. The van der Waals surface area contributed by atoms with Gasteiger partial charge in [0.25, 0.3) is 0 Å². The van der Waals surface area contributed by atoms with Crippen molar-refractivity contribution in [1.82, 2.24) is 0 Å². The standard InChI is InChI=1S/C47H54O14/c1-31(48)57-41-39(60-46(51-4)45(59-33(3)50)43(41)58-32(2)49)30-56-47-44(55-28-37-23-15-8-16-24-37)42(54-27-36-21-13-7-14-22-36)40(61-47)38(53-26-35-19-11-6-12-20-35)29-52-25-34-17-9-5-10-18-34/h5-24,38-47H,25-30H2,1-4H3/t38-,39-,40+,41-,42+,43+,44-,45-,46+,47+/m1/s1. The number of esters is 3. The van der Waals surface area contributed by atoms with Gasteiger partial charge in [-0.3, -0.25) is 14.4 Å². The van der Waals surface area contributed by atoms with E-state index in [0.717, 1.165) is 22.3 Å². The molecule has 0 radical (unpaired) electrons. The second kappa shape index (κ2) is 23.3. The van der Waals surface area contributed by atoms with Crippen molar-refractivity contribution in [2.24, 2.45) is 0 Å². The van der Waals surface area contributed by atoms with E-state index in [1.807, 2.05) is 121 Å². The quantitative estimate of drug-likeness (QED) is 0.0727. The number of carbonyl (C=O) groups is 3. The molecule has 0 bridgehead atoms. The Bertz CT molecular complexity index is 1920. The first-order valence-corrected chi connectivity index (χ1v) is 20.2. The lowest BCUT2D eigenvalue weighted by Gasteiger charge is -2.44. The van der Waals surface area contributed by atoms with Gasteiger partial charge in [-0.05, 0) is 22.3 Å². The zero-order chi connectivity index (χ0) is 43.0. The van der Waals surface area contributed by atoms with E-state index < -0.39 is 79.3 Å². The van der Waals surface area contributed by atoms with Crippen molar-refractivity contribution < 1.29 is 66.5 Å². The summed E-state index contributed by atoms with van der Waals surface area (Å²) in [4.78, 5) is 37.1. The molecule has 2 saturated heterocycles. The molecule has 326 valence electrons. The SMILES string of the molecule is CO[C@H]1O[C@H](CO[C@H]2O[C@@H]([C@@H](COCc3ccccc3)OCc3ccccc3)[C@H](OCc3ccccc3)[C@H]2OCc2ccccc2)[C@@H](OC(C)=O)[C@H](OC(C)=O)[C@H]1OC(C)=O. The normalized spacial score (nSPS) is 25.3. The topological polar surface area (TPSA) is 153 Å². The first-order chi connectivity index (χ1) is 29.7. The summed E-state index contributed by atoms with van der Waals surface area (Å²) in [6.45, 7) is 4.43. The summed E-state index contributed by atoms with van der Waals surface area (Å²) < 4.78 is 68.3. The highest BCUT2D eigenvalue weighted by atomic mass is 16.8. The largest absolute Gasteiger partial charge is 0.456 e. The van der Waals surface area contributed by atoms with E-state index in [0.29, 0.717) is 6.61 Å². The third-order valence-electron chi connectivity index (χ3n) is 10.00. The smallest absolute Gasteiger partial charge is 0.303 e. The van der Waals surface area contributed by atoms with Gasteiger partial charge in [0.15, 0.2) is 30.9 Å². The molecule has 2 aliphatic rings. The van der Waals surface area contributed by atoms with Crippen molar-refractivity contribution in [2.75, 3.05) is 20.3 Å². The van der Waals surface area contributed by atoms with Crippen LogP contribution in [0.25, 0.3) is 0 Å². The Morgan fingerprint density at radius 3 is 1.48 bits per heavy atom. The van der Waals surface area contributed by atoms with Crippen LogP contribution in [0.15, 0.2) is 121 Å². The summed E-state index contributed by atoms with van der Waals surface area (Å²) in [6.07, 6.45) is -10.4. The van der Waals surface area contributed by atoms with Crippen molar-refractivity contribution in [3.8, 4) is 0 Å². The predicted molar refractivity (Wildman–Crippen MR) is 218 cm³/mol. The highest BCUT2D eigenvalue weighted by Gasteiger charge is 2.54. The molecule has 0 aromatic heterocycles. The maximum atomic E-state index is 12.5. The monoisotopic (exact) mass is 842 g/mol. The molecular weight excluding hydrogens is 789 g/mol. The number of ether oxygens (including phenoxy) is 11. The molecule has 6 rings (SSSR count). The maximum absolute atomic E-state index is 12.5. The van der Waals surface area contributed by atoms with Gasteiger partial charge >= 0.3 is 17.9 Å². The van der Waals surface area contributed by atoms with Gasteiger partial charge in [-0.2, -0.15) is 0 Å². The van der Waals surface area contributed by atoms with Crippen LogP contribution in [0, 0.1) is 0 Å². The van der Waals surface area contributed by atoms with Crippen LogP contribution >= 0.6 is 0 Å². The zero-order valence-corrected chi connectivity index (χ0v) is 34.8. The molecule has 2 fully saturated rings. The summed E-state index contributed by atoms with van der Waals surface area (Å²) in [5.74, 6) is -2.09. The maximum Gasteiger partial charge on any atom is 0.303 e. The van der Waals surface area contributed by atoms with E-state index in [9.17, 15) is 14.4 Å². The Kier molecular flexibility index (Phi) is 17.3. The second-order valence-corrected chi connectivity index (χ2v) is 14.7. The number of hydrogen-bond acceptors (Lipinski definition) is 14. The van der Waals surface area contributed by atoms with Gasteiger partial charge in [-0.25, -0.2) is 0 Å². The highest BCUT2D eigenvalue weighted by molar-refractivity contribution is 5.68. The molecule has 14 heteroatoms. The van der Waals surface area contributed by atoms with E-state index in [2.05, 4.69) is 0 Å². The fourth-order valence-corrected chi connectivity index (χ4v) is 7.23. The van der Waals surface area contributed by atoms with E-state index in [-0.39, 0.29) is 33.0 Å². The fourth-order valence-electron chi connectivity index (χ4n) is 7.23. The summed E-state index contributed by atoms with van der Waals surface area (Å²) >= 11 is 0. The Labute approximate surface area is 356 Å². The molecule has 0 N–H and O–H groups in total. The van der Waals surface area contributed by atoms with Crippen molar-refractivity contribution in [3.05, 3.63) is 144 Å². The van der Waals surface area contributed by atoms with Gasteiger partial charge < -0.3 is 52.1 Å². The van der Waals surface area contributed by atoms with Gasteiger partial charge in [-0.15, -0.1) is 0 Å². The molecular formula is C47H54O14. The minimum Gasteiger partial charge on any atom is -0.456 e. The number of rotatable bonds is 21. The number of hydrogen-bond donors (Lipinski definition) is 0. The van der Waals surface area contributed by atoms with Crippen LogP contribution in [0.2, 0.25) is 0 Å². The van der Waals surface area contributed by atoms with E-state index in [1.54, 1.807) is 0 Å². The van der Waals surface area contributed by atoms with Crippen LogP contribution in [0.5, 0.6) is 0 Å². The van der Waals surface area contributed by atoms with E-state index >= 15 is 0 Å². The van der Waals surface area contributed by atoms with Crippen molar-refractivity contribution >= 4 is 17.9 Å². The number of carbonyl (C=O) groups excluding carboxylic acids is 3. The molecule has 2 heterocycles. The zero-order valence-electron chi connectivity index (χ0n) is 34.8. The van der Waals surface area contributed by atoms with Gasteiger partial charge in [0, 0.05) is 27.9 Å². The number of methoxy groups -OCH3 is 1. The van der Waals surface area contributed by atoms with Crippen LogP contribution in [0.4, 0.5) is 0 Å². The Morgan fingerprint density at radius 2 is 0.967 bits per heavy atom. The second-order valence-electron chi connectivity index (χ2n) is 14.7. The minimum absolute atomic E-state index is 0.132. The van der Waals surface area contributed by atoms with Crippen LogP contribution in [0.1, 0.15) is 43.0 Å². The first-order valence-electron chi connectivity index (χ1n) is 20.2. The molecule has 61 heavy (non-hydrogen) atoms. The average molecular weight is 843 g/mol. The van der Waals surface area contributed by atoms with Crippen molar-refractivity contribution in [3.63, 3.8) is 0 Å². The predicted octanol–water partition coefficient (Wildman–Crippen LogP) is 5.87. The minimum atomic E-state index is -1.31. The molecule has 0 unspecified atom stereocenters. The third-order valence-corrected chi connectivity index (χ3v) is 10.00. The van der Waals surface area contributed by atoms with Crippen LogP contribution in [0.3, 0.4) is 0 Å². The van der Waals surface area contributed by atoms with E-state index in [1.165, 1.54) is 27.9 Å². The molecule has 2 aliphatic heterocycles. The Morgan fingerprint density at radius 1 is 0.508 bits per heavy atom. The first kappa shape index (κ1) is 45.5. The lowest BCUT2D eigenvalue weighted by Crippen LogP contribution is -2.62. The fraction of sp³-hybridized carbons (Fsp3) is 0.426. The molecule has 10 atom stereocenters. The van der Waals surface area contributed by atoms with E-state index in [4.69, 9.17) is 52.1 Å². The Hall–Kier alpha value is -5.03.